The number of thiophene rings is 1. The second kappa shape index (κ2) is 5.67. The molecule has 0 aliphatic carbocycles. The van der Waals surface area contributed by atoms with Crippen LogP contribution in [0.15, 0.2) is 37.3 Å². The van der Waals surface area contributed by atoms with Gasteiger partial charge in [-0.05, 0) is 31.2 Å². The normalized spacial score (nSPS) is 11.9. The van der Waals surface area contributed by atoms with E-state index in [9.17, 15) is 8.42 Å². The van der Waals surface area contributed by atoms with E-state index in [2.05, 4.69) is 14.9 Å². The highest BCUT2D eigenvalue weighted by Crippen LogP contribution is 2.29. The van der Waals surface area contributed by atoms with Gasteiger partial charge in [-0.25, -0.2) is 13.1 Å². The Morgan fingerprint density at radius 3 is 2.59 bits per heavy atom. The number of rotatable bonds is 5. The molecule has 1 N–H and O–H groups in total. The zero-order valence-corrected chi connectivity index (χ0v) is 13.5. The van der Waals surface area contributed by atoms with Crippen LogP contribution in [0.1, 0.15) is 17.4 Å². The van der Waals surface area contributed by atoms with Crippen molar-refractivity contribution in [2.24, 2.45) is 0 Å². The minimum absolute atomic E-state index is 0.100. The van der Waals surface area contributed by atoms with Crippen LogP contribution in [0.25, 0.3) is 10.8 Å². The van der Waals surface area contributed by atoms with Crippen LogP contribution in [-0.4, -0.2) is 18.6 Å². The minimum Gasteiger partial charge on any atom is -0.465 e. The van der Waals surface area contributed by atoms with Gasteiger partial charge in [0.15, 0.2) is 0 Å². The van der Waals surface area contributed by atoms with Gasteiger partial charge < -0.3 is 8.83 Å². The lowest BCUT2D eigenvalue weighted by molar-refractivity contribution is 0.475. The second-order valence-electron chi connectivity index (χ2n) is 4.58. The number of aryl methyl sites for hydroxylation is 2. The van der Waals surface area contributed by atoms with E-state index in [1.165, 1.54) is 6.07 Å². The summed E-state index contributed by atoms with van der Waals surface area (Å²) in [5.74, 6) is 2.04. The molecule has 9 heteroatoms. The average molecular weight is 339 g/mol. The fourth-order valence-corrected chi connectivity index (χ4v) is 4.06. The van der Waals surface area contributed by atoms with Crippen LogP contribution in [0.4, 0.5) is 0 Å². The molecule has 0 saturated carbocycles. The van der Waals surface area contributed by atoms with Crippen LogP contribution in [0.3, 0.4) is 0 Å². The Morgan fingerprint density at radius 2 is 1.95 bits per heavy atom. The van der Waals surface area contributed by atoms with Crippen LogP contribution < -0.4 is 4.72 Å². The molecule has 0 amide bonds. The minimum atomic E-state index is -3.61. The molecule has 0 saturated heterocycles. The first-order valence-electron chi connectivity index (χ1n) is 6.39. The molecule has 0 radical (unpaired) electrons. The maximum atomic E-state index is 12.3. The molecule has 116 valence electrons. The summed E-state index contributed by atoms with van der Waals surface area (Å²) in [6, 6.07) is 6.67. The fraction of sp³-hybridized carbons (Fsp3) is 0.231. The number of furan rings is 1. The predicted molar refractivity (Wildman–Crippen MR) is 79.8 cm³/mol. The van der Waals surface area contributed by atoms with Crippen molar-refractivity contribution in [2.45, 2.75) is 24.6 Å². The Hall–Kier alpha value is -1.97. The van der Waals surface area contributed by atoms with Crippen molar-refractivity contribution >= 4 is 21.4 Å². The van der Waals surface area contributed by atoms with E-state index in [0.29, 0.717) is 22.4 Å². The molecular weight excluding hydrogens is 326 g/mol. The lowest BCUT2D eigenvalue weighted by atomic mass is 10.4. The Morgan fingerprint density at radius 1 is 1.14 bits per heavy atom. The monoisotopic (exact) mass is 339 g/mol. The van der Waals surface area contributed by atoms with Gasteiger partial charge >= 0.3 is 0 Å². The van der Waals surface area contributed by atoms with Crippen molar-refractivity contribution in [3.63, 3.8) is 0 Å². The number of aromatic nitrogens is 2. The molecular formula is C13H13N3O4S2. The molecule has 0 bridgehead atoms. The SMILES string of the molecule is Cc1ccc(CNS(=O)(=O)c2ccc(-c3nnc(C)o3)s2)o1. The summed E-state index contributed by atoms with van der Waals surface area (Å²) in [6.45, 7) is 3.58. The van der Waals surface area contributed by atoms with Gasteiger partial charge in [-0.3, -0.25) is 0 Å². The third-order valence-corrected chi connectivity index (χ3v) is 5.78. The predicted octanol–water partition coefficient (Wildman–Crippen LogP) is 2.49. The zero-order valence-electron chi connectivity index (χ0n) is 11.9. The number of hydrogen-bond acceptors (Lipinski definition) is 7. The highest BCUT2D eigenvalue weighted by Gasteiger charge is 2.19. The Bertz CT molecular complexity index is 892. The highest BCUT2D eigenvalue weighted by molar-refractivity contribution is 7.91. The van der Waals surface area contributed by atoms with Crippen molar-refractivity contribution < 1.29 is 17.3 Å². The van der Waals surface area contributed by atoms with Crippen LogP contribution >= 0.6 is 11.3 Å². The molecule has 7 nitrogen and oxygen atoms in total. The molecule has 3 heterocycles. The summed E-state index contributed by atoms with van der Waals surface area (Å²) in [5.41, 5.74) is 0. The molecule has 0 atom stereocenters. The second-order valence-corrected chi connectivity index (χ2v) is 7.66. The summed E-state index contributed by atoms with van der Waals surface area (Å²) in [7, 11) is -3.61. The van der Waals surface area contributed by atoms with Crippen LogP contribution in [0, 0.1) is 13.8 Å². The van der Waals surface area contributed by atoms with E-state index in [4.69, 9.17) is 8.83 Å². The van der Waals surface area contributed by atoms with Gasteiger partial charge in [0.05, 0.1) is 11.4 Å². The van der Waals surface area contributed by atoms with E-state index >= 15 is 0 Å². The standard InChI is InChI=1S/C13H13N3O4S2/c1-8-3-4-10(19-8)7-14-22(17,18)12-6-5-11(21-12)13-16-15-9(2)20-13/h3-6,14H,7H2,1-2H3. The number of nitrogens with one attached hydrogen (secondary N) is 1. The van der Waals surface area contributed by atoms with Crippen molar-refractivity contribution in [2.75, 3.05) is 0 Å². The van der Waals surface area contributed by atoms with Crippen molar-refractivity contribution in [3.05, 3.63) is 41.7 Å². The van der Waals surface area contributed by atoms with Gasteiger partial charge in [0, 0.05) is 6.92 Å². The molecule has 0 aromatic carbocycles. The molecule has 3 rings (SSSR count). The first-order chi connectivity index (χ1) is 10.4. The molecule has 0 aliphatic rings. The summed E-state index contributed by atoms with van der Waals surface area (Å²) in [4.78, 5) is 0.606. The fourth-order valence-electron chi connectivity index (χ4n) is 1.79. The van der Waals surface area contributed by atoms with E-state index < -0.39 is 10.0 Å². The Balaban J connectivity index is 1.76. The summed E-state index contributed by atoms with van der Waals surface area (Å²) < 4.78 is 37.8. The van der Waals surface area contributed by atoms with Gasteiger partial charge in [0.25, 0.3) is 5.89 Å². The molecule has 22 heavy (non-hydrogen) atoms. The van der Waals surface area contributed by atoms with Gasteiger partial charge in [-0.15, -0.1) is 21.5 Å². The lowest BCUT2D eigenvalue weighted by Gasteiger charge is -2.02. The largest absolute Gasteiger partial charge is 0.465 e. The molecule has 0 spiro atoms. The quantitative estimate of drug-likeness (QED) is 0.767. The van der Waals surface area contributed by atoms with Gasteiger partial charge in [-0.2, -0.15) is 0 Å². The summed E-state index contributed by atoms with van der Waals surface area (Å²) in [5, 5.41) is 7.60. The first-order valence-corrected chi connectivity index (χ1v) is 8.69. The van der Waals surface area contributed by atoms with E-state index in [-0.39, 0.29) is 10.8 Å². The van der Waals surface area contributed by atoms with Crippen molar-refractivity contribution in [1.82, 2.24) is 14.9 Å². The lowest BCUT2D eigenvalue weighted by Crippen LogP contribution is -2.22. The van der Waals surface area contributed by atoms with Crippen LogP contribution in [-0.2, 0) is 16.6 Å². The van der Waals surface area contributed by atoms with Gasteiger partial charge in [-0.1, -0.05) is 0 Å². The summed E-state index contributed by atoms with van der Waals surface area (Å²) in [6.07, 6.45) is 0. The zero-order chi connectivity index (χ0) is 15.7. The Labute approximate surface area is 131 Å². The molecule has 0 aliphatic heterocycles. The van der Waals surface area contributed by atoms with E-state index in [0.717, 1.165) is 17.1 Å². The molecule has 3 aromatic rings. The molecule has 0 fully saturated rings. The average Bonchev–Trinajstić information content (AvgIpc) is 3.16. The Kier molecular flexibility index (Phi) is 3.85. The summed E-state index contributed by atoms with van der Waals surface area (Å²) >= 11 is 1.07. The number of sulfonamides is 1. The van der Waals surface area contributed by atoms with E-state index in [1.54, 1.807) is 32.0 Å². The van der Waals surface area contributed by atoms with Crippen LogP contribution in [0.2, 0.25) is 0 Å². The maximum absolute atomic E-state index is 12.3. The number of hydrogen-bond donors (Lipinski definition) is 1. The highest BCUT2D eigenvalue weighted by atomic mass is 32.2. The van der Waals surface area contributed by atoms with E-state index in [1.807, 2.05) is 0 Å². The van der Waals surface area contributed by atoms with Crippen LogP contribution in [0.5, 0.6) is 0 Å². The smallest absolute Gasteiger partial charge is 0.257 e. The molecule has 0 unspecified atom stereocenters. The topological polar surface area (TPSA) is 98.2 Å². The van der Waals surface area contributed by atoms with Crippen molar-refractivity contribution in [3.8, 4) is 10.8 Å². The molecule has 3 aromatic heterocycles. The third-order valence-electron chi connectivity index (χ3n) is 2.82. The van der Waals surface area contributed by atoms with Gasteiger partial charge in [0.2, 0.25) is 15.9 Å². The third kappa shape index (κ3) is 3.11. The van der Waals surface area contributed by atoms with Crippen molar-refractivity contribution in [1.29, 1.82) is 0 Å². The van der Waals surface area contributed by atoms with Gasteiger partial charge in [0.1, 0.15) is 15.7 Å². The number of nitrogens with zero attached hydrogens (tertiary/aromatic N) is 2. The first kappa shape index (κ1) is 14.9. The maximum Gasteiger partial charge on any atom is 0.257 e.